The van der Waals surface area contributed by atoms with E-state index in [2.05, 4.69) is 31.5 Å². The predicted molar refractivity (Wildman–Crippen MR) is 87.6 cm³/mol. The molecule has 1 unspecified atom stereocenters. The van der Waals surface area contributed by atoms with Crippen LogP contribution in [0.5, 0.6) is 0 Å². The fraction of sp³-hybridized carbons (Fsp3) is 0.438. The number of nitrogens with zero attached hydrogens (tertiary/aromatic N) is 3. The molecular weight excluding hydrogens is 294 g/mol. The predicted octanol–water partition coefficient (Wildman–Crippen LogP) is 1.26. The van der Waals surface area contributed by atoms with Crippen LogP contribution in [0, 0.1) is 5.92 Å². The number of H-pyrrole nitrogens is 1. The maximum Gasteiger partial charge on any atom is 0.240 e. The molecule has 1 atom stereocenters. The fourth-order valence-electron chi connectivity index (χ4n) is 3.08. The monoisotopic (exact) mass is 313 g/mol. The summed E-state index contributed by atoms with van der Waals surface area (Å²) in [7, 11) is 0. The quantitative estimate of drug-likeness (QED) is 0.874. The number of carbonyl (C=O) groups excluding carboxylic acids is 1. The summed E-state index contributed by atoms with van der Waals surface area (Å²) in [6.45, 7) is 5.19. The van der Waals surface area contributed by atoms with Crippen molar-refractivity contribution in [3.63, 3.8) is 0 Å². The molecule has 1 fully saturated rings. The van der Waals surface area contributed by atoms with Crippen molar-refractivity contribution in [1.82, 2.24) is 15.4 Å². The average Bonchev–Trinajstić information content (AvgIpc) is 2.99. The van der Waals surface area contributed by atoms with Crippen LogP contribution in [0.15, 0.2) is 23.3 Å². The number of hydrogen-bond donors (Lipinski definition) is 2. The van der Waals surface area contributed by atoms with Crippen molar-refractivity contribution in [1.29, 1.82) is 0 Å². The highest BCUT2D eigenvalue weighted by molar-refractivity contribution is 6.07. The summed E-state index contributed by atoms with van der Waals surface area (Å²) in [5.41, 5.74) is 6.41. The number of nitrogens with one attached hydrogen (secondary N) is 2. The van der Waals surface area contributed by atoms with Crippen LogP contribution in [0.2, 0.25) is 0 Å². The van der Waals surface area contributed by atoms with Crippen molar-refractivity contribution >= 4 is 28.6 Å². The van der Waals surface area contributed by atoms with Gasteiger partial charge >= 0.3 is 0 Å². The molecule has 2 aliphatic heterocycles. The molecule has 0 spiro atoms. The van der Waals surface area contributed by atoms with Crippen LogP contribution < -0.4 is 10.3 Å². The minimum Gasteiger partial charge on any atom is -0.378 e. The molecule has 1 saturated heterocycles. The summed E-state index contributed by atoms with van der Waals surface area (Å²) < 4.78 is 5.38. The van der Waals surface area contributed by atoms with Gasteiger partial charge in [0.15, 0.2) is 0 Å². The second-order valence-electron chi connectivity index (χ2n) is 6.03. The van der Waals surface area contributed by atoms with Gasteiger partial charge in [0.05, 0.1) is 30.0 Å². The first-order valence-electron chi connectivity index (χ1n) is 7.90. The van der Waals surface area contributed by atoms with Crippen molar-refractivity contribution < 1.29 is 9.53 Å². The third-order valence-corrected chi connectivity index (χ3v) is 4.34. The number of hydrogen-bond acceptors (Lipinski definition) is 5. The van der Waals surface area contributed by atoms with E-state index in [0.717, 1.165) is 54.6 Å². The van der Waals surface area contributed by atoms with Crippen LogP contribution >= 0.6 is 0 Å². The van der Waals surface area contributed by atoms with Crippen LogP contribution in [0.4, 0.5) is 5.95 Å². The van der Waals surface area contributed by atoms with Gasteiger partial charge in [0.25, 0.3) is 0 Å². The van der Waals surface area contributed by atoms with E-state index in [1.54, 1.807) is 0 Å². The number of ether oxygens (including phenoxy) is 1. The zero-order valence-electron chi connectivity index (χ0n) is 13.0. The SMILES string of the molecule is CC1CC(=O)NN=C1c1ccc2nc(N3CCOCC3)[nH]c2c1. The molecule has 1 amide bonds. The highest BCUT2D eigenvalue weighted by Gasteiger charge is 2.22. The Hall–Kier alpha value is -2.41. The first-order chi connectivity index (χ1) is 11.2. The van der Waals surface area contributed by atoms with Crippen molar-refractivity contribution in [2.75, 3.05) is 31.2 Å². The average molecular weight is 313 g/mol. The van der Waals surface area contributed by atoms with E-state index < -0.39 is 0 Å². The van der Waals surface area contributed by atoms with Crippen LogP contribution in [-0.2, 0) is 9.53 Å². The van der Waals surface area contributed by atoms with Gasteiger partial charge in [-0.25, -0.2) is 10.4 Å². The van der Waals surface area contributed by atoms with Gasteiger partial charge < -0.3 is 14.6 Å². The van der Waals surface area contributed by atoms with Gasteiger partial charge in [0.1, 0.15) is 0 Å². The number of imidazole rings is 1. The van der Waals surface area contributed by atoms with Crippen LogP contribution in [0.3, 0.4) is 0 Å². The third-order valence-electron chi connectivity index (χ3n) is 4.34. The molecule has 0 aliphatic carbocycles. The zero-order valence-corrected chi connectivity index (χ0v) is 13.0. The Balaban J connectivity index is 1.66. The van der Waals surface area contributed by atoms with E-state index in [9.17, 15) is 4.79 Å². The summed E-state index contributed by atoms with van der Waals surface area (Å²) in [5, 5.41) is 4.22. The molecule has 2 aliphatic rings. The van der Waals surface area contributed by atoms with E-state index in [4.69, 9.17) is 4.74 Å². The topological polar surface area (TPSA) is 82.6 Å². The van der Waals surface area contributed by atoms with Gasteiger partial charge in [-0.15, -0.1) is 0 Å². The lowest BCUT2D eigenvalue weighted by molar-refractivity contribution is -0.121. The second kappa shape index (κ2) is 5.66. The Morgan fingerprint density at radius 3 is 2.91 bits per heavy atom. The summed E-state index contributed by atoms with van der Waals surface area (Å²) in [6, 6.07) is 6.06. The molecular formula is C16H19N5O2. The van der Waals surface area contributed by atoms with Crippen LogP contribution in [-0.4, -0.2) is 47.9 Å². The molecule has 7 heteroatoms. The lowest BCUT2D eigenvalue weighted by atomic mass is 9.94. The number of aromatic amines is 1. The van der Waals surface area contributed by atoms with E-state index >= 15 is 0 Å². The van der Waals surface area contributed by atoms with Crippen LogP contribution in [0.25, 0.3) is 11.0 Å². The van der Waals surface area contributed by atoms with Gasteiger partial charge in [-0.05, 0) is 12.1 Å². The van der Waals surface area contributed by atoms with E-state index in [0.29, 0.717) is 6.42 Å². The molecule has 1 aromatic heterocycles. The minimum absolute atomic E-state index is 0.0292. The van der Waals surface area contributed by atoms with Gasteiger partial charge in [-0.2, -0.15) is 5.10 Å². The Morgan fingerprint density at radius 1 is 1.30 bits per heavy atom. The molecule has 1 aromatic carbocycles. The van der Waals surface area contributed by atoms with Gasteiger partial charge in [-0.3, -0.25) is 4.79 Å². The summed E-state index contributed by atoms with van der Waals surface area (Å²) in [5.74, 6) is 0.966. The first kappa shape index (κ1) is 14.2. The van der Waals surface area contributed by atoms with Gasteiger partial charge in [0.2, 0.25) is 11.9 Å². The number of rotatable bonds is 2. The molecule has 2 aromatic rings. The molecule has 7 nitrogen and oxygen atoms in total. The Morgan fingerprint density at radius 2 is 2.13 bits per heavy atom. The molecule has 4 rings (SSSR count). The molecule has 120 valence electrons. The Kier molecular flexibility index (Phi) is 3.49. The lowest BCUT2D eigenvalue weighted by Gasteiger charge is -2.26. The van der Waals surface area contributed by atoms with Crippen molar-refractivity contribution in [3.8, 4) is 0 Å². The molecule has 3 heterocycles. The number of benzene rings is 1. The van der Waals surface area contributed by atoms with E-state index in [1.807, 2.05) is 19.1 Å². The maximum absolute atomic E-state index is 11.4. The molecule has 0 bridgehead atoms. The fourth-order valence-corrected chi connectivity index (χ4v) is 3.08. The summed E-state index contributed by atoms with van der Waals surface area (Å²) in [4.78, 5) is 21.6. The smallest absolute Gasteiger partial charge is 0.240 e. The first-order valence-corrected chi connectivity index (χ1v) is 7.90. The van der Waals surface area contributed by atoms with E-state index in [-0.39, 0.29) is 11.8 Å². The second-order valence-corrected chi connectivity index (χ2v) is 6.03. The maximum atomic E-state index is 11.4. The zero-order chi connectivity index (χ0) is 15.8. The van der Waals surface area contributed by atoms with Gasteiger partial charge in [-0.1, -0.05) is 13.0 Å². The summed E-state index contributed by atoms with van der Waals surface area (Å²) >= 11 is 0. The highest BCUT2D eigenvalue weighted by atomic mass is 16.5. The van der Waals surface area contributed by atoms with E-state index in [1.165, 1.54) is 0 Å². The van der Waals surface area contributed by atoms with Crippen molar-refractivity contribution in [2.24, 2.45) is 11.0 Å². The number of carbonyl (C=O) groups is 1. The van der Waals surface area contributed by atoms with Crippen LogP contribution in [0.1, 0.15) is 18.9 Å². The summed E-state index contributed by atoms with van der Waals surface area (Å²) in [6.07, 6.45) is 0.471. The number of anilines is 1. The van der Waals surface area contributed by atoms with Crippen molar-refractivity contribution in [3.05, 3.63) is 23.8 Å². The Bertz CT molecular complexity index is 776. The van der Waals surface area contributed by atoms with Gasteiger partial charge in [0, 0.05) is 31.0 Å². The highest BCUT2D eigenvalue weighted by Crippen LogP contribution is 2.23. The molecule has 23 heavy (non-hydrogen) atoms. The number of aromatic nitrogens is 2. The molecule has 2 N–H and O–H groups in total. The number of fused-ring (bicyclic) bond motifs is 1. The van der Waals surface area contributed by atoms with Crippen molar-refractivity contribution in [2.45, 2.75) is 13.3 Å². The minimum atomic E-state index is -0.0292. The standard InChI is InChI=1S/C16H19N5O2/c1-10-8-14(22)19-20-15(10)11-2-3-12-13(9-11)18-16(17-12)21-4-6-23-7-5-21/h2-3,9-10H,4-8H2,1H3,(H,17,18)(H,19,22). The Labute approximate surface area is 133 Å². The molecule has 0 saturated carbocycles. The lowest BCUT2D eigenvalue weighted by Crippen LogP contribution is -2.36. The molecule has 0 radical (unpaired) electrons. The normalized spacial score (nSPS) is 22.1. The number of morpholine rings is 1. The number of amides is 1. The number of hydrazone groups is 1. The largest absolute Gasteiger partial charge is 0.378 e. The third kappa shape index (κ3) is 2.68.